The van der Waals surface area contributed by atoms with Crippen LogP contribution in [0.5, 0.6) is 0 Å². The molecule has 2 aliphatic rings. The van der Waals surface area contributed by atoms with E-state index in [4.69, 9.17) is 17.0 Å². The van der Waals surface area contributed by atoms with Gasteiger partial charge in [0.1, 0.15) is 0 Å². The first kappa shape index (κ1) is 19.8. The molecule has 1 atom stereocenters. The highest BCUT2D eigenvalue weighted by atomic mass is 32.1. The molecule has 7 heteroatoms. The molecule has 3 rings (SSSR count). The SMILES string of the molecule is O=C(CC1CCCC1)NC(=S)Nc1ccc(C(=O)NCC2CCCO2)cc1. The Morgan fingerprint density at radius 2 is 1.81 bits per heavy atom. The van der Waals surface area contributed by atoms with Gasteiger partial charge < -0.3 is 20.7 Å². The first-order chi connectivity index (χ1) is 13.1. The summed E-state index contributed by atoms with van der Waals surface area (Å²) in [5, 5.41) is 8.90. The van der Waals surface area contributed by atoms with Crippen LogP contribution in [0.2, 0.25) is 0 Å². The number of nitrogens with one attached hydrogen (secondary N) is 3. The van der Waals surface area contributed by atoms with Crippen molar-refractivity contribution in [3.63, 3.8) is 0 Å². The summed E-state index contributed by atoms with van der Waals surface area (Å²) in [4.78, 5) is 24.2. The van der Waals surface area contributed by atoms with Crippen molar-refractivity contribution < 1.29 is 14.3 Å². The second kappa shape index (κ2) is 9.80. The van der Waals surface area contributed by atoms with Crippen LogP contribution in [-0.2, 0) is 9.53 Å². The average Bonchev–Trinajstić information content (AvgIpc) is 3.34. The smallest absolute Gasteiger partial charge is 0.251 e. The summed E-state index contributed by atoms with van der Waals surface area (Å²) in [5.41, 5.74) is 1.31. The van der Waals surface area contributed by atoms with Crippen molar-refractivity contribution in [1.82, 2.24) is 10.6 Å². The van der Waals surface area contributed by atoms with Gasteiger partial charge in [-0.05, 0) is 68.1 Å². The summed E-state index contributed by atoms with van der Waals surface area (Å²) in [6.45, 7) is 1.31. The maximum absolute atomic E-state index is 12.2. The summed E-state index contributed by atoms with van der Waals surface area (Å²) in [6, 6.07) is 7.01. The Balaban J connectivity index is 1.41. The molecule has 1 unspecified atom stereocenters. The minimum Gasteiger partial charge on any atom is -0.376 e. The molecule has 0 bridgehead atoms. The molecule has 1 aliphatic heterocycles. The normalized spacial score (nSPS) is 19.6. The molecule has 3 N–H and O–H groups in total. The Morgan fingerprint density at radius 1 is 1.07 bits per heavy atom. The van der Waals surface area contributed by atoms with Gasteiger partial charge in [-0.3, -0.25) is 9.59 Å². The second-order valence-electron chi connectivity index (χ2n) is 7.28. The molecule has 1 heterocycles. The molecular formula is C20H27N3O3S. The van der Waals surface area contributed by atoms with Crippen molar-refractivity contribution in [3.8, 4) is 0 Å². The van der Waals surface area contributed by atoms with Crippen molar-refractivity contribution in [2.24, 2.45) is 5.92 Å². The fourth-order valence-corrected chi connectivity index (χ4v) is 3.87. The van der Waals surface area contributed by atoms with Crippen molar-refractivity contribution in [2.75, 3.05) is 18.5 Å². The Kier molecular flexibility index (Phi) is 7.18. The van der Waals surface area contributed by atoms with Gasteiger partial charge in [0.15, 0.2) is 5.11 Å². The molecule has 1 saturated heterocycles. The molecule has 0 aromatic heterocycles. The van der Waals surface area contributed by atoms with Crippen LogP contribution in [0.25, 0.3) is 0 Å². The molecule has 6 nitrogen and oxygen atoms in total. The highest BCUT2D eigenvalue weighted by molar-refractivity contribution is 7.80. The van der Waals surface area contributed by atoms with Gasteiger partial charge in [0.05, 0.1) is 6.10 Å². The van der Waals surface area contributed by atoms with Crippen molar-refractivity contribution in [2.45, 2.75) is 51.0 Å². The molecule has 0 spiro atoms. The topological polar surface area (TPSA) is 79.5 Å². The lowest BCUT2D eigenvalue weighted by molar-refractivity contribution is -0.120. The van der Waals surface area contributed by atoms with Gasteiger partial charge >= 0.3 is 0 Å². The second-order valence-corrected chi connectivity index (χ2v) is 7.69. The standard InChI is InChI=1S/C20H27N3O3S/c24-18(12-14-4-1-2-5-14)23-20(27)22-16-9-7-15(8-10-16)19(25)21-13-17-6-3-11-26-17/h7-10,14,17H,1-6,11-13H2,(H,21,25)(H2,22,23,24,27). The maximum Gasteiger partial charge on any atom is 0.251 e. The lowest BCUT2D eigenvalue weighted by atomic mass is 10.0. The van der Waals surface area contributed by atoms with Gasteiger partial charge in [-0.2, -0.15) is 0 Å². The van der Waals surface area contributed by atoms with Gasteiger partial charge in [-0.15, -0.1) is 0 Å². The van der Waals surface area contributed by atoms with E-state index in [2.05, 4.69) is 16.0 Å². The molecule has 1 aromatic rings. The summed E-state index contributed by atoms with van der Waals surface area (Å²) >= 11 is 5.20. The third-order valence-corrected chi connectivity index (χ3v) is 5.33. The van der Waals surface area contributed by atoms with Crippen LogP contribution in [-0.4, -0.2) is 36.2 Å². The first-order valence-electron chi connectivity index (χ1n) is 9.71. The zero-order chi connectivity index (χ0) is 19.1. The number of carbonyl (C=O) groups excluding carboxylic acids is 2. The zero-order valence-electron chi connectivity index (χ0n) is 15.5. The monoisotopic (exact) mass is 389 g/mol. The molecule has 0 radical (unpaired) electrons. The number of anilines is 1. The fourth-order valence-electron chi connectivity index (χ4n) is 3.64. The van der Waals surface area contributed by atoms with Crippen LogP contribution in [0.1, 0.15) is 55.3 Å². The van der Waals surface area contributed by atoms with Crippen molar-refractivity contribution in [1.29, 1.82) is 0 Å². The van der Waals surface area contributed by atoms with E-state index in [0.717, 1.165) is 38.0 Å². The number of ether oxygens (including phenoxy) is 1. The Hall–Kier alpha value is -1.99. The van der Waals surface area contributed by atoms with Crippen LogP contribution in [0.15, 0.2) is 24.3 Å². The van der Waals surface area contributed by atoms with Crippen molar-refractivity contribution >= 4 is 34.8 Å². The lowest BCUT2D eigenvalue weighted by Gasteiger charge is -2.13. The van der Waals surface area contributed by atoms with E-state index in [1.807, 2.05) is 0 Å². The van der Waals surface area contributed by atoms with E-state index < -0.39 is 0 Å². The van der Waals surface area contributed by atoms with Crippen LogP contribution in [0.4, 0.5) is 5.69 Å². The van der Waals surface area contributed by atoms with Gasteiger partial charge in [0, 0.05) is 30.8 Å². The number of hydrogen-bond donors (Lipinski definition) is 3. The fraction of sp³-hybridized carbons (Fsp3) is 0.550. The Morgan fingerprint density at radius 3 is 2.48 bits per heavy atom. The Labute approximate surface area is 165 Å². The maximum atomic E-state index is 12.2. The third-order valence-electron chi connectivity index (χ3n) is 5.12. The van der Waals surface area contributed by atoms with E-state index in [-0.39, 0.29) is 23.0 Å². The largest absolute Gasteiger partial charge is 0.376 e. The predicted molar refractivity (Wildman–Crippen MR) is 109 cm³/mol. The summed E-state index contributed by atoms with van der Waals surface area (Å²) < 4.78 is 5.50. The number of rotatable bonds is 6. The quantitative estimate of drug-likeness (QED) is 0.652. The Bertz CT molecular complexity index is 666. The molecule has 146 valence electrons. The number of thiocarbonyl (C=S) groups is 1. The van der Waals surface area contributed by atoms with E-state index in [1.165, 1.54) is 12.8 Å². The first-order valence-corrected chi connectivity index (χ1v) is 10.1. The molecule has 2 fully saturated rings. The van der Waals surface area contributed by atoms with Crippen LogP contribution in [0.3, 0.4) is 0 Å². The van der Waals surface area contributed by atoms with E-state index >= 15 is 0 Å². The highest BCUT2D eigenvalue weighted by Crippen LogP contribution is 2.27. The van der Waals surface area contributed by atoms with Gasteiger partial charge in [-0.1, -0.05) is 12.8 Å². The zero-order valence-corrected chi connectivity index (χ0v) is 16.3. The number of amides is 2. The molecule has 1 aromatic carbocycles. The minimum absolute atomic E-state index is 0.0375. The van der Waals surface area contributed by atoms with Crippen LogP contribution < -0.4 is 16.0 Å². The summed E-state index contributed by atoms with van der Waals surface area (Å²) in [5.74, 6) is 0.328. The average molecular weight is 390 g/mol. The van der Waals surface area contributed by atoms with Crippen LogP contribution in [0, 0.1) is 5.92 Å². The molecular weight excluding hydrogens is 362 g/mol. The van der Waals surface area contributed by atoms with Gasteiger partial charge in [0.25, 0.3) is 5.91 Å². The molecule has 2 amide bonds. The minimum atomic E-state index is -0.121. The molecule has 1 saturated carbocycles. The van der Waals surface area contributed by atoms with Gasteiger partial charge in [-0.25, -0.2) is 0 Å². The number of benzene rings is 1. The number of hydrogen-bond acceptors (Lipinski definition) is 4. The van der Waals surface area contributed by atoms with E-state index in [0.29, 0.717) is 24.4 Å². The molecule has 27 heavy (non-hydrogen) atoms. The van der Waals surface area contributed by atoms with E-state index in [9.17, 15) is 9.59 Å². The number of carbonyl (C=O) groups is 2. The van der Waals surface area contributed by atoms with E-state index in [1.54, 1.807) is 24.3 Å². The summed E-state index contributed by atoms with van der Waals surface area (Å²) in [7, 11) is 0. The highest BCUT2D eigenvalue weighted by Gasteiger charge is 2.19. The summed E-state index contributed by atoms with van der Waals surface area (Å²) in [6.07, 6.45) is 7.40. The third kappa shape index (κ3) is 6.29. The van der Waals surface area contributed by atoms with Crippen LogP contribution >= 0.6 is 12.2 Å². The van der Waals surface area contributed by atoms with Gasteiger partial charge in [0.2, 0.25) is 5.91 Å². The van der Waals surface area contributed by atoms with Crippen molar-refractivity contribution in [3.05, 3.63) is 29.8 Å². The lowest BCUT2D eigenvalue weighted by Crippen LogP contribution is -2.35. The predicted octanol–water partition coefficient (Wildman–Crippen LogP) is 2.99. The molecule has 1 aliphatic carbocycles.